The lowest BCUT2D eigenvalue weighted by Crippen LogP contribution is -2.29. The summed E-state index contributed by atoms with van der Waals surface area (Å²) in [6.45, 7) is 0.506. The molecule has 1 aliphatic rings. The Labute approximate surface area is 185 Å². The molecule has 164 valence electrons. The number of methoxy groups -OCH3 is 1. The molecule has 4 rings (SSSR count). The number of nitrogens with zero attached hydrogens (tertiary/aromatic N) is 1. The molecule has 1 fully saturated rings. The number of carbonyl (C=O) groups excluding carboxylic acids is 3. The van der Waals surface area contributed by atoms with Crippen LogP contribution in [0.5, 0.6) is 5.75 Å². The first-order chi connectivity index (χ1) is 15.5. The predicted octanol–water partition coefficient (Wildman–Crippen LogP) is 3.21. The van der Waals surface area contributed by atoms with Gasteiger partial charge in [-0.15, -0.1) is 0 Å². The standard InChI is InChI=1S/C24H23N3O5/c1-31-18-10-8-17(9-11-18)27-15-16(13-22(27)28)23(29)26-21-7-3-2-6-20(21)24(30)25-14-19-5-4-12-32-19/h2-12,16H,13-15H2,1H3,(H,25,30)(H,26,29)/t16-/m0/s1. The molecule has 8 heteroatoms. The number of anilines is 2. The monoisotopic (exact) mass is 433 g/mol. The Bertz CT molecular complexity index is 1110. The third-order valence-electron chi connectivity index (χ3n) is 5.31. The molecule has 2 heterocycles. The van der Waals surface area contributed by atoms with Crippen LogP contribution < -0.4 is 20.3 Å². The van der Waals surface area contributed by atoms with E-state index in [1.54, 1.807) is 72.7 Å². The summed E-state index contributed by atoms with van der Waals surface area (Å²) in [6.07, 6.45) is 1.64. The number of ether oxygens (including phenoxy) is 1. The van der Waals surface area contributed by atoms with Crippen molar-refractivity contribution in [2.24, 2.45) is 5.92 Å². The first kappa shape index (κ1) is 21.2. The van der Waals surface area contributed by atoms with Crippen molar-refractivity contribution in [2.45, 2.75) is 13.0 Å². The number of nitrogens with one attached hydrogen (secondary N) is 2. The Hall–Kier alpha value is -4.07. The smallest absolute Gasteiger partial charge is 0.253 e. The fourth-order valence-electron chi connectivity index (χ4n) is 3.60. The van der Waals surface area contributed by atoms with Gasteiger partial charge in [0.2, 0.25) is 11.8 Å². The van der Waals surface area contributed by atoms with E-state index in [0.717, 1.165) is 0 Å². The molecule has 0 spiro atoms. The van der Waals surface area contributed by atoms with Crippen LogP contribution in [-0.4, -0.2) is 31.4 Å². The molecule has 2 N–H and O–H groups in total. The van der Waals surface area contributed by atoms with Gasteiger partial charge in [0, 0.05) is 18.7 Å². The van der Waals surface area contributed by atoms with E-state index in [1.165, 1.54) is 6.26 Å². The molecule has 0 unspecified atom stereocenters. The van der Waals surface area contributed by atoms with Gasteiger partial charge in [-0.3, -0.25) is 14.4 Å². The van der Waals surface area contributed by atoms with Crippen molar-refractivity contribution >= 4 is 29.1 Å². The number of carbonyl (C=O) groups is 3. The molecule has 0 aliphatic carbocycles. The minimum Gasteiger partial charge on any atom is -0.497 e. The van der Waals surface area contributed by atoms with Crippen molar-refractivity contribution in [3.63, 3.8) is 0 Å². The predicted molar refractivity (Wildman–Crippen MR) is 118 cm³/mol. The maximum absolute atomic E-state index is 12.9. The van der Waals surface area contributed by atoms with Gasteiger partial charge in [-0.05, 0) is 48.5 Å². The fourth-order valence-corrected chi connectivity index (χ4v) is 3.60. The van der Waals surface area contributed by atoms with Crippen LogP contribution in [0.15, 0.2) is 71.3 Å². The van der Waals surface area contributed by atoms with Crippen molar-refractivity contribution in [1.29, 1.82) is 0 Å². The highest BCUT2D eigenvalue weighted by molar-refractivity contribution is 6.07. The number of benzene rings is 2. The number of furan rings is 1. The van der Waals surface area contributed by atoms with Crippen LogP contribution in [0.25, 0.3) is 0 Å². The van der Waals surface area contributed by atoms with Crippen LogP contribution >= 0.6 is 0 Å². The van der Waals surface area contributed by atoms with Gasteiger partial charge in [0.1, 0.15) is 11.5 Å². The summed E-state index contributed by atoms with van der Waals surface area (Å²) in [4.78, 5) is 39.6. The van der Waals surface area contributed by atoms with Crippen molar-refractivity contribution in [1.82, 2.24) is 5.32 Å². The molecule has 1 aromatic heterocycles. The summed E-state index contributed by atoms with van der Waals surface area (Å²) in [6, 6.07) is 17.4. The minimum absolute atomic E-state index is 0.102. The van der Waals surface area contributed by atoms with Crippen LogP contribution in [0.1, 0.15) is 22.5 Å². The van der Waals surface area contributed by atoms with Gasteiger partial charge in [0.15, 0.2) is 0 Å². The van der Waals surface area contributed by atoms with E-state index in [0.29, 0.717) is 28.4 Å². The Kier molecular flexibility index (Phi) is 6.21. The summed E-state index contributed by atoms with van der Waals surface area (Å²) in [5, 5.41) is 5.59. The maximum atomic E-state index is 12.9. The second kappa shape index (κ2) is 9.38. The number of rotatable bonds is 7. The SMILES string of the molecule is COc1ccc(N2C[C@@H](C(=O)Nc3ccccc3C(=O)NCc3ccco3)CC2=O)cc1. The number of para-hydroxylation sites is 1. The Morgan fingerprint density at radius 2 is 1.88 bits per heavy atom. The maximum Gasteiger partial charge on any atom is 0.253 e. The highest BCUT2D eigenvalue weighted by Gasteiger charge is 2.35. The zero-order valence-electron chi connectivity index (χ0n) is 17.5. The second-order valence-corrected chi connectivity index (χ2v) is 7.40. The summed E-state index contributed by atoms with van der Waals surface area (Å²) >= 11 is 0. The van der Waals surface area contributed by atoms with Gasteiger partial charge >= 0.3 is 0 Å². The highest BCUT2D eigenvalue weighted by atomic mass is 16.5. The lowest BCUT2D eigenvalue weighted by molar-refractivity contribution is -0.122. The molecule has 0 saturated carbocycles. The third-order valence-corrected chi connectivity index (χ3v) is 5.31. The van der Waals surface area contributed by atoms with E-state index in [9.17, 15) is 14.4 Å². The molecular weight excluding hydrogens is 410 g/mol. The molecular formula is C24H23N3O5. The van der Waals surface area contributed by atoms with Gasteiger partial charge < -0.3 is 24.7 Å². The Balaban J connectivity index is 1.41. The van der Waals surface area contributed by atoms with Crippen LogP contribution in [0.3, 0.4) is 0 Å². The molecule has 0 radical (unpaired) electrons. The number of hydrogen-bond acceptors (Lipinski definition) is 5. The van der Waals surface area contributed by atoms with Crippen molar-refractivity contribution in [2.75, 3.05) is 23.9 Å². The highest BCUT2D eigenvalue weighted by Crippen LogP contribution is 2.28. The van der Waals surface area contributed by atoms with Crippen molar-refractivity contribution in [3.8, 4) is 5.75 Å². The topological polar surface area (TPSA) is 101 Å². The molecule has 3 aromatic rings. The number of amides is 3. The van der Waals surface area contributed by atoms with E-state index >= 15 is 0 Å². The summed E-state index contributed by atoms with van der Waals surface area (Å²) < 4.78 is 10.4. The van der Waals surface area contributed by atoms with Gasteiger partial charge in [-0.25, -0.2) is 0 Å². The largest absolute Gasteiger partial charge is 0.497 e. The van der Waals surface area contributed by atoms with E-state index < -0.39 is 5.92 Å². The van der Waals surface area contributed by atoms with Crippen LogP contribution in [0, 0.1) is 5.92 Å². The first-order valence-electron chi connectivity index (χ1n) is 10.2. The summed E-state index contributed by atoms with van der Waals surface area (Å²) in [5.74, 6) is 0.0310. The van der Waals surface area contributed by atoms with Crippen LogP contribution in [-0.2, 0) is 16.1 Å². The van der Waals surface area contributed by atoms with E-state index in [1.807, 2.05) is 0 Å². The lowest BCUT2D eigenvalue weighted by Gasteiger charge is -2.17. The zero-order valence-corrected chi connectivity index (χ0v) is 17.5. The van der Waals surface area contributed by atoms with E-state index in [4.69, 9.17) is 9.15 Å². The zero-order chi connectivity index (χ0) is 22.5. The average Bonchev–Trinajstić information content (AvgIpc) is 3.47. The molecule has 8 nitrogen and oxygen atoms in total. The number of hydrogen-bond donors (Lipinski definition) is 2. The Morgan fingerprint density at radius 3 is 2.59 bits per heavy atom. The van der Waals surface area contributed by atoms with Crippen molar-refractivity contribution in [3.05, 3.63) is 78.3 Å². The van der Waals surface area contributed by atoms with Gasteiger partial charge in [-0.2, -0.15) is 0 Å². The first-order valence-corrected chi connectivity index (χ1v) is 10.2. The van der Waals surface area contributed by atoms with E-state index in [2.05, 4.69) is 10.6 Å². The van der Waals surface area contributed by atoms with Gasteiger partial charge in [0.05, 0.1) is 37.1 Å². The van der Waals surface area contributed by atoms with Crippen LogP contribution in [0.4, 0.5) is 11.4 Å². The van der Waals surface area contributed by atoms with E-state index in [-0.39, 0.29) is 37.2 Å². The second-order valence-electron chi connectivity index (χ2n) is 7.40. The fraction of sp³-hybridized carbons (Fsp3) is 0.208. The van der Waals surface area contributed by atoms with Crippen LogP contribution in [0.2, 0.25) is 0 Å². The minimum atomic E-state index is -0.524. The van der Waals surface area contributed by atoms with Gasteiger partial charge in [0.25, 0.3) is 5.91 Å². The molecule has 1 saturated heterocycles. The average molecular weight is 433 g/mol. The molecule has 3 amide bonds. The van der Waals surface area contributed by atoms with Gasteiger partial charge in [-0.1, -0.05) is 12.1 Å². The summed E-state index contributed by atoms with van der Waals surface area (Å²) in [5.41, 5.74) is 1.44. The molecule has 1 atom stereocenters. The quantitative estimate of drug-likeness (QED) is 0.596. The lowest BCUT2D eigenvalue weighted by atomic mass is 10.1. The Morgan fingerprint density at radius 1 is 1.09 bits per heavy atom. The molecule has 1 aliphatic heterocycles. The van der Waals surface area contributed by atoms with Crippen molar-refractivity contribution < 1.29 is 23.5 Å². The molecule has 2 aromatic carbocycles. The normalized spacial score (nSPS) is 15.5. The summed E-state index contributed by atoms with van der Waals surface area (Å²) in [7, 11) is 1.57. The molecule has 32 heavy (non-hydrogen) atoms. The molecule has 0 bridgehead atoms. The third kappa shape index (κ3) is 4.64.